The first-order valence-electron chi connectivity index (χ1n) is 6.30. The molecule has 19 heavy (non-hydrogen) atoms. The lowest BCUT2D eigenvalue weighted by Crippen LogP contribution is -2.29. The lowest BCUT2D eigenvalue weighted by molar-refractivity contribution is -0.122. The van der Waals surface area contributed by atoms with Gasteiger partial charge in [-0.1, -0.05) is 36.4 Å². The van der Waals surface area contributed by atoms with Gasteiger partial charge in [-0.25, -0.2) is 0 Å². The lowest BCUT2D eigenvalue weighted by Gasteiger charge is -2.15. The summed E-state index contributed by atoms with van der Waals surface area (Å²) in [5.41, 5.74) is 7.02. The first kappa shape index (κ1) is 13.8. The molecule has 1 heterocycles. The molecule has 0 aliphatic carbocycles. The van der Waals surface area contributed by atoms with E-state index in [0.29, 0.717) is 6.42 Å². The van der Waals surface area contributed by atoms with E-state index in [0.717, 1.165) is 10.4 Å². The summed E-state index contributed by atoms with van der Waals surface area (Å²) in [4.78, 5) is 13.1. The fourth-order valence-electron chi connectivity index (χ4n) is 1.93. The van der Waals surface area contributed by atoms with Crippen LogP contribution < -0.4 is 11.1 Å². The van der Waals surface area contributed by atoms with Crippen LogP contribution in [-0.2, 0) is 4.79 Å². The summed E-state index contributed by atoms with van der Waals surface area (Å²) in [7, 11) is 0. The maximum atomic E-state index is 11.9. The summed E-state index contributed by atoms with van der Waals surface area (Å²) >= 11 is 1.64. The molecule has 0 saturated carbocycles. The van der Waals surface area contributed by atoms with Crippen LogP contribution in [0, 0.1) is 0 Å². The van der Waals surface area contributed by atoms with Crippen LogP contribution in [0.25, 0.3) is 0 Å². The average molecular weight is 274 g/mol. The zero-order valence-corrected chi connectivity index (χ0v) is 11.7. The standard InChI is InChI=1S/C15H18N2OS/c1-11(14-8-5-9-19-14)17-15(18)10-13(16)12-6-3-2-4-7-12/h2-9,11,13H,10,16H2,1H3,(H,17,18). The van der Waals surface area contributed by atoms with Crippen molar-refractivity contribution in [3.63, 3.8) is 0 Å². The first-order valence-corrected chi connectivity index (χ1v) is 7.18. The van der Waals surface area contributed by atoms with Gasteiger partial charge in [-0.05, 0) is 23.9 Å². The molecule has 1 amide bonds. The number of amides is 1. The average Bonchev–Trinajstić information content (AvgIpc) is 2.93. The fraction of sp³-hybridized carbons (Fsp3) is 0.267. The van der Waals surface area contributed by atoms with Crippen LogP contribution in [0.3, 0.4) is 0 Å². The largest absolute Gasteiger partial charge is 0.349 e. The minimum atomic E-state index is -0.253. The van der Waals surface area contributed by atoms with Crippen molar-refractivity contribution >= 4 is 17.2 Å². The Morgan fingerprint density at radius 1 is 1.26 bits per heavy atom. The second-order valence-electron chi connectivity index (χ2n) is 4.53. The van der Waals surface area contributed by atoms with Crippen molar-refractivity contribution in [2.24, 2.45) is 5.73 Å². The van der Waals surface area contributed by atoms with Crippen LogP contribution in [-0.4, -0.2) is 5.91 Å². The Bertz CT molecular complexity index is 510. The van der Waals surface area contributed by atoms with Gasteiger partial charge in [-0.2, -0.15) is 0 Å². The van der Waals surface area contributed by atoms with Gasteiger partial charge in [0.1, 0.15) is 0 Å². The maximum absolute atomic E-state index is 11.9. The number of carbonyl (C=O) groups excluding carboxylic acids is 1. The van der Waals surface area contributed by atoms with Crippen LogP contribution >= 0.6 is 11.3 Å². The minimum absolute atomic E-state index is 0.0164. The topological polar surface area (TPSA) is 55.1 Å². The molecule has 2 unspecified atom stereocenters. The number of carbonyl (C=O) groups is 1. The summed E-state index contributed by atoms with van der Waals surface area (Å²) in [6, 6.07) is 13.5. The molecule has 2 aromatic rings. The predicted octanol–water partition coefficient (Wildman–Crippen LogP) is 3.02. The van der Waals surface area contributed by atoms with Crippen LogP contribution in [0.1, 0.15) is 35.9 Å². The van der Waals surface area contributed by atoms with Crippen molar-refractivity contribution in [2.75, 3.05) is 0 Å². The molecule has 4 heteroatoms. The Labute approximate surface area is 117 Å². The molecule has 2 rings (SSSR count). The number of benzene rings is 1. The fourth-order valence-corrected chi connectivity index (χ4v) is 2.66. The van der Waals surface area contributed by atoms with Crippen molar-refractivity contribution in [3.05, 3.63) is 58.3 Å². The highest BCUT2D eigenvalue weighted by Crippen LogP contribution is 2.19. The van der Waals surface area contributed by atoms with Gasteiger partial charge in [0, 0.05) is 17.3 Å². The SMILES string of the molecule is CC(NC(=O)CC(N)c1ccccc1)c1cccs1. The molecule has 0 aliphatic heterocycles. The maximum Gasteiger partial charge on any atom is 0.222 e. The third-order valence-corrected chi connectivity index (χ3v) is 4.04. The molecule has 100 valence electrons. The summed E-state index contributed by atoms with van der Waals surface area (Å²) < 4.78 is 0. The van der Waals surface area contributed by atoms with E-state index in [1.54, 1.807) is 11.3 Å². The number of nitrogens with one attached hydrogen (secondary N) is 1. The molecule has 0 saturated heterocycles. The Morgan fingerprint density at radius 2 is 2.00 bits per heavy atom. The molecule has 0 radical (unpaired) electrons. The lowest BCUT2D eigenvalue weighted by atomic mass is 10.0. The van der Waals surface area contributed by atoms with Crippen LogP contribution in [0.4, 0.5) is 0 Å². The number of hydrogen-bond acceptors (Lipinski definition) is 3. The van der Waals surface area contributed by atoms with E-state index in [2.05, 4.69) is 5.32 Å². The highest BCUT2D eigenvalue weighted by molar-refractivity contribution is 7.10. The van der Waals surface area contributed by atoms with Gasteiger partial charge in [0.05, 0.1) is 6.04 Å². The zero-order valence-electron chi connectivity index (χ0n) is 10.9. The summed E-state index contributed by atoms with van der Waals surface area (Å²) in [6.07, 6.45) is 0.305. The Kier molecular flexibility index (Phi) is 4.71. The van der Waals surface area contributed by atoms with Crippen LogP contribution in [0.5, 0.6) is 0 Å². The van der Waals surface area contributed by atoms with E-state index < -0.39 is 0 Å². The molecule has 3 nitrogen and oxygen atoms in total. The third-order valence-electron chi connectivity index (χ3n) is 2.98. The van der Waals surface area contributed by atoms with Gasteiger partial charge in [-0.3, -0.25) is 4.79 Å². The molecule has 1 aromatic heterocycles. The second kappa shape index (κ2) is 6.50. The molecular weight excluding hydrogens is 256 g/mol. The van der Waals surface area contributed by atoms with Gasteiger partial charge in [-0.15, -0.1) is 11.3 Å². The number of hydrogen-bond donors (Lipinski definition) is 2. The second-order valence-corrected chi connectivity index (χ2v) is 5.51. The highest BCUT2D eigenvalue weighted by atomic mass is 32.1. The van der Waals surface area contributed by atoms with E-state index in [-0.39, 0.29) is 18.0 Å². The van der Waals surface area contributed by atoms with Crippen molar-refractivity contribution in [2.45, 2.75) is 25.4 Å². The normalized spacial score (nSPS) is 13.8. The van der Waals surface area contributed by atoms with Gasteiger partial charge >= 0.3 is 0 Å². The molecule has 0 aliphatic rings. The van der Waals surface area contributed by atoms with Gasteiger partial charge < -0.3 is 11.1 Å². The molecule has 3 N–H and O–H groups in total. The molecule has 0 fully saturated rings. The number of thiophene rings is 1. The summed E-state index contributed by atoms with van der Waals surface area (Å²) in [5.74, 6) is -0.0164. The van der Waals surface area contributed by atoms with Gasteiger partial charge in [0.2, 0.25) is 5.91 Å². The molecule has 1 aromatic carbocycles. The van der Waals surface area contributed by atoms with E-state index in [1.165, 1.54) is 0 Å². The molecule has 0 spiro atoms. The zero-order chi connectivity index (χ0) is 13.7. The predicted molar refractivity (Wildman–Crippen MR) is 78.9 cm³/mol. The van der Waals surface area contributed by atoms with E-state index >= 15 is 0 Å². The Balaban J connectivity index is 1.88. The van der Waals surface area contributed by atoms with Gasteiger partial charge in [0.15, 0.2) is 0 Å². The van der Waals surface area contributed by atoms with Crippen molar-refractivity contribution in [1.29, 1.82) is 0 Å². The van der Waals surface area contributed by atoms with E-state index in [9.17, 15) is 4.79 Å². The van der Waals surface area contributed by atoms with Gasteiger partial charge in [0.25, 0.3) is 0 Å². The first-order chi connectivity index (χ1) is 9.16. The van der Waals surface area contributed by atoms with Crippen LogP contribution in [0.15, 0.2) is 47.8 Å². The quantitative estimate of drug-likeness (QED) is 0.880. The molecular formula is C15H18N2OS. The molecule has 0 bridgehead atoms. The van der Waals surface area contributed by atoms with Crippen molar-refractivity contribution in [3.8, 4) is 0 Å². The number of nitrogens with two attached hydrogens (primary N) is 1. The highest BCUT2D eigenvalue weighted by Gasteiger charge is 2.14. The van der Waals surface area contributed by atoms with E-state index in [1.807, 2.05) is 54.8 Å². The number of rotatable bonds is 5. The Hall–Kier alpha value is -1.65. The summed E-state index contributed by atoms with van der Waals surface area (Å²) in [5, 5.41) is 4.98. The molecule has 2 atom stereocenters. The monoisotopic (exact) mass is 274 g/mol. The minimum Gasteiger partial charge on any atom is -0.349 e. The Morgan fingerprint density at radius 3 is 2.63 bits per heavy atom. The van der Waals surface area contributed by atoms with E-state index in [4.69, 9.17) is 5.73 Å². The summed E-state index contributed by atoms with van der Waals surface area (Å²) in [6.45, 7) is 1.98. The third kappa shape index (κ3) is 3.91. The van der Waals surface area contributed by atoms with Crippen LogP contribution in [0.2, 0.25) is 0 Å². The van der Waals surface area contributed by atoms with Crippen molar-refractivity contribution in [1.82, 2.24) is 5.32 Å². The smallest absolute Gasteiger partial charge is 0.222 e. The van der Waals surface area contributed by atoms with Crippen molar-refractivity contribution < 1.29 is 4.79 Å².